The van der Waals surface area contributed by atoms with E-state index in [0.717, 1.165) is 31.2 Å². The van der Waals surface area contributed by atoms with Gasteiger partial charge in [0, 0.05) is 11.5 Å². The molecule has 0 aliphatic rings. The van der Waals surface area contributed by atoms with Crippen LogP contribution in [-0.4, -0.2) is 35.8 Å². The van der Waals surface area contributed by atoms with Gasteiger partial charge >= 0.3 is 23.9 Å². The van der Waals surface area contributed by atoms with Gasteiger partial charge in [-0.05, 0) is 25.3 Å². The molecule has 0 atom stereocenters. The van der Waals surface area contributed by atoms with Crippen molar-refractivity contribution in [3.8, 4) is 0 Å². The van der Waals surface area contributed by atoms with Crippen molar-refractivity contribution in [2.24, 2.45) is 0 Å². The Hall–Kier alpha value is -1.04. The Labute approximate surface area is 234 Å². The van der Waals surface area contributed by atoms with Crippen molar-refractivity contribution in [3.05, 3.63) is 49.2 Å². The molecule has 0 fully saturated rings. The summed E-state index contributed by atoms with van der Waals surface area (Å²) < 4.78 is 0. The van der Waals surface area contributed by atoms with Crippen LogP contribution in [0.25, 0.3) is 0 Å². The molecule has 0 amide bonds. The van der Waals surface area contributed by atoms with Gasteiger partial charge < -0.3 is 19.8 Å². The van der Waals surface area contributed by atoms with Gasteiger partial charge in [-0.15, -0.1) is 0 Å². The molecule has 1 aromatic carbocycles. The Morgan fingerprint density at radius 1 is 0.686 bits per heavy atom. The van der Waals surface area contributed by atoms with E-state index in [1.165, 1.54) is 76.7 Å². The standard InChI is InChI=1S/C14H28O2.C8H8O2.2C4H9.Sn/c1-2-3-4-5-6-7-8-9-10-11-12-13-14(15)16;1-6-4-2-3-5-7(6)8(9)10;2*1-3-4-2;/h2-13H2,1H3,(H,15,16);2-5H,1H3,(H,9,10);2*1,3-4H2,2H3;/q;;;;+2/p-2. The molecule has 35 heavy (non-hydrogen) atoms. The molecular weight excluding hydrogens is 543 g/mol. The number of unbranched alkanes of at least 4 members (excludes halogenated alkanes) is 12. The van der Waals surface area contributed by atoms with Gasteiger partial charge in [0.15, 0.2) is 0 Å². The summed E-state index contributed by atoms with van der Waals surface area (Å²) in [5.74, 6) is -2.02. The number of carboxylic acids is 2. The summed E-state index contributed by atoms with van der Waals surface area (Å²) in [6, 6.07) is 6.75. The molecular formula is C30H52O4Sn. The molecule has 0 N–H and O–H groups in total. The summed E-state index contributed by atoms with van der Waals surface area (Å²) in [5, 5.41) is 20.5. The zero-order valence-corrected chi connectivity index (χ0v) is 26.0. The fraction of sp³-hybridized carbons (Fsp3) is 0.667. The first kappa shape index (κ1) is 41.1. The SMILES string of the molecule is CCCCCCCCCCCCCC(=O)[O-].Cc1ccccc1C(=O)[O-].[CH2]CCC.[CH2]CCC.[Sn+2]. The molecule has 200 valence electrons. The quantitative estimate of drug-likeness (QED) is 0.168. The second-order valence-corrected chi connectivity index (χ2v) is 8.47. The first-order valence-corrected chi connectivity index (χ1v) is 13.4. The van der Waals surface area contributed by atoms with Gasteiger partial charge in [0.2, 0.25) is 0 Å². The zero-order chi connectivity index (χ0) is 26.5. The van der Waals surface area contributed by atoms with E-state index < -0.39 is 11.9 Å². The third-order valence-electron chi connectivity index (χ3n) is 5.06. The van der Waals surface area contributed by atoms with Crippen LogP contribution in [0.1, 0.15) is 139 Å². The van der Waals surface area contributed by atoms with Crippen molar-refractivity contribution in [3.63, 3.8) is 0 Å². The van der Waals surface area contributed by atoms with Crippen molar-refractivity contribution < 1.29 is 19.8 Å². The van der Waals surface area contributed by atoms with Crippen LogP contribution in [0.4, 0.5) is 0 Å². The fourth-order valence-electron chi connectivity index (χ4n) is 2.74. The van der Waals surface area contributed by atoms with Crippen LogP contribution >= 0.6 is 0 Å². The minimum absolute atomic E-state index is 0. The number of carbonyl (C=O) groups excluding carboxylic acids is 2. The van der Waals surface area contributed by atoms with Gasteiger partial charge in [-0.2, -0.15) is 0 Å². The zero-order valence-electron chi connectivity index (χ0n) is 23.2. The molecule has 0 unspecified atom stereocenters. The van der Waals surface area contributed by atoms with E-state index in [0.29, 0.717) is 0 Å². The smallest absolute Gasteiger partial charge is 0.550 e. The third-order valence-corrected chi connectivity index (χ3v) is 5.06. The number of rotatable bonds is 15. The maximum atomic E-state index is 10.3. The molecule has 1 rings (SSSR count). The maximum absolute atomic E-state index is 10.3. The Bertz CT molecular complexity index is 553. The number of aliphatic carboxylic acids is 1. The second-order valence-electron chi connectivity index (χ2n) is 8.47. The van der Waals surface area contributed by atoms with Crippen molar-refractivity contribution >= 4 is 35.8 Å². The molecule has 4 nitrogen and oxygen atoms in total. The molecule has 5 heteroatoms. The Balaban J connectivity index is -0.000000214. The Morgan fingerprint density at radius 3 is 1.34 bits per heavy atom. The Morgan fingerprint density at radius 2 is 1.06 bits per heavy atom. The summed E-state index contributed by atoms with van der Waals surface area (Å²) in [6.45, 7) is 15.4. The van der Waals surface area contributed by atoms with Crippen LogP contribution in [0.15, 0.2) is 24.3 Å². The van der Waals surface area contributed by atoms with E-state index in [4.69, 9.17) is 0 Å². The van der Waals surface area contributed by atoms with Gasteiger partial charge in [0.1, 0.15) is 0 Å². The predicted octanol–water partition coefficient (Wildman–Crippen LogP) is 6.66. The van der Waals surface area contributed by atoms with Crippen molar-refractivity contribution in [1.82, 2.24) is 0 Å². The number of aromatic carboxylic acids is 1. The Kier molecular flexibility index (Phi) is 41.2. The predicted molar refractivity (Wildman–Crippen MR) is 148 cm³/mol. The first-order chi connectivity index (χ1) is 16.3. The molecule has 0 saturated heterocycles. The van der Waals surface area contributed by atoms with Crippen LogP contribution < -0.4 is 10.2 Å². The van der Waals surface area contributed by atoms with Crippen molar-refractivity contribution in [2.45, 2.75) is 130 Å². The normalized spacial score (nSPS) is 9.20. The second kappa shape index (κ2) is 35.1. The van der Waals surface area contributed by atoms with E-state index in [9.17, 15) is 19.8 Å². The summed E-state index contributed by atoms with van der Waals surface area (Å²) >= 11 is 0. The average molecular weight is 595 g/mol. The van der Waals surface area contributed by atoms with Gasteiger partial charge in [-0.3, -0.25) is 0 Å². The number of hydrogen-bond donors (Lipinski definition) is 0. The van der Waals surface area contributed by atoms with E-state index in [2.05, 4.69) is 34.6 Å². The van der Waals surface area contributed by atoms with Crippen LogP contribution in [0, 0.1) is 20.8 Å². The summed E-state index contributed by atoms with van der Waals surface area (Å²) in [7, 11) is 0. The van der Waals surface area contributed by atoms with Crippen LogP contribution in [0.2, 0.25) is 0 Å². The summed E-state index contributed by atoms with van der Waals surface area (Å²) in [5.41, 5.74) is 1.00. The van der Waals surface area contributed by atoms with Crippen LogP contribution in [0.3, 0.4) is 0 Å². The largest absolute Gasteiger partial charge is 2.00 e. The number of hydrogen-bond acceptors (Lipinski definition) is 4. The minimum Gasteiger partial charge on any atom is -0.550 e. The molecule has 0 aliphatic heterocycles. The topological polar surface area (TPSA) is 80.3 Å². The maximum Gasteiger partial charge on any atom is 2.00 e. The molecule has 0 saturated carbocycles. The molecule has 0 heterocycles. The number of aryl methyl sites for hydroxylation is 1. The van der Waals surface area contributed by atoms with Gasteiger partial charge in [-0.25, -0.2) is 0 Å². The summed E-state index contributed by atoms with van der Waals surface area (Å²) in [6.07, 6.45) is 18.6. The van der Waals surface area contributed by atoms with E-state index >= 15 is 0 Å². The monoisotopic (exact) mass is 596 g/mol. The van der Waals surface area contributed by atoms with E-state index in [-0.39, 0.29) is 35.9 Å². The fourth-order valence-corrected chi connectivity index (χ4v) is 2.74. The number of carboxylic acid groups (broad SMARTS) is 2. The molecule has 0 spiro atoms. The first-order valence-electron chi connectivity index (χ1n) is 13.4. The minimum atomic E-state index is -1.11. The summed E-state index contributed by atoms with van der Waals surface area (Å²) in [4.78, 5) is 20.5. The van der Waals surface area contributed by atoms with Gasteiger partial charge in [0.05, 0.1) is 5.97 Å². The van der Waals surface area contributed by atoms with Crippen molar-refractivity contribution in [2.75, 3.05) is 0 Å². The van der Waals surface area contributed by atoms with Gasteiger partial charge in [-0.1, -0.05) is 149 Å². The number of benzene rings is 1. The number of carbonyl (C=O) groups is 2. The molecule has 1 aromatic rings. The molecule has 0 aromatic heterocycles. The van der Waals surface area contributed by atoms with Gasteiger partial charge in [0.25, 0.3) is 0 Å². The average Bonchev–Trinajstić information content (AvgIpc) is 2.83. The van der Waals surface area contributed by atoms with Crippen LogP contribution in [0.5, 0.6) is 0 Å². The molecule has 4 radical (unpaired) electrons. The molecule has 0 bridgehead atoms. The van der Waals surface area contributed by atoms with Crippen molar-refractivity contribution in [1.29, 1.82) is 0 Å². The molecule has 0 aliphatic carbocycles. The third kappa shape index (κ3) is 37.7. The van der Waals surface area contributed by atoms with E-state index in [1.54, 1.807) is 25.1 Å². The van der Waals surface area contributed by atoms with Crippen LogP contribution in [-0.2, 0) is 4.79 Å². The van der Waals surface area contributed by atoms with E-state index in [1.807, 2.05) is 0 Å².